The summed E-state index contributed by atoms with van der Waals surface area (Å²) >= 11 is 0. The predicted octanol–water partition coefficient (Wildman–Crippen LogP) is 3.37. The summed E-state index contributed by atoms with van der Waals surface area (Å²) < 4.78 is 9.89. The van der Waals surface area contributed by atoms with Crippen LogP contribution in [0.5, 0.6) is 0 Å². The number of hydrogen-bond donors (Lipinski definition) is 2. The first-order chi connectivity index (χ1) is 13.1. The number of methoxy groups -OCH3 is 2. The number of esters is 1. The molecular formula is C21H39NO5Si. The lowest BCUT2D eigenvalue weighted by atomic mass is 10.2. The number of rotatable bonds is 12. The van der Waals surface area contributed by atoms with Gasteiger partial charge in [0.15, 0.2) is 6.04 Å². The fourth-order valence-corrected chi connectivity index (χ4v) is 9.57. The molecule has 0 aliphatic heterocycles. The summed E-state index contributed by atoms with van der Waals surface area (Å²) in [7, 11) is 1.12. The molecule has 0 fully saturated rings. The molecular weight excluding hydrogens is 374 g/mol. The van der Waals surface area contributed by atoms with Crippen molar-refractivity contribution in [1.82, 2.24) is 5.32 Å². The van der Waals surface area contributed by atoms with E-state index in [1.165, 1.54) is 14.2 Å². The van der Waals surface area contributed by atoms with Gasteiger partial charge in [-0.15, -0.1) is 0 Å². The maximum atomic E-state index is 12.1. The van der Waals surface area contributed by atoms with Crippen LogP contribution in [0.15, 0.2) is 23.9 Å². The van der Waals surface area contributed by atoms with E-state index >= 15 is 0 Å². The van der Waals surface area contributed by atoms with E-state index in [9.17, 15) is 14.7 Å². The highest BCUT2D eigenvalue weighted by Gasteiger charge is 2.39. The number of carbonyl (C=O) groups excluding carboxylic acids is 2. The van der Waals surface area contributed by atoms with Gasteiger partial charge in [0.05, 0.1) is 34.3 Å². The Labute approximate surface area is 171 Å². The van der Waals surface area contributed by atoms with Crippen molar-refractivity contribution in [3.8, 4) is 0 Å². The molecule has 162 valence electrons. The minimum atomic E-state index is -1.62. The standard InChI is InChI=1S/C21H39NO5Si/c1-15(2)28(16(3)4,17(5)6)12-10-9-11-18(26-7)13-20(24)22-19(14-23)21(25)27-8/h9-12,15-19,23H,13-14H2,1-8H3,(H,22,24)/b11-9+,12-10-/t18-,19-/m0/s1. The SMILES string of the molecule is COC(=O)[C@H](CO)NC(=O)C[C@H](/C=C/C=C\[Si](C(C)C)(C(C)C)C(C)C)OC. The number of amides is 1. The number of aliphatic hydroxyl groups excluding tert-OH is 1. The third kappa shape index (κ3) is 7.52. The largest absolute Gasteiger partial charge is 0.467 e. The zero-order valence-electron chi connectivity index (χ0n) is 18.7. The molecule has 28 heavy (non-hydrogen) atoms. The average molecular weight is 414 g/mol. The minimum Gasteiger partial charge on any atom is -0.467 e. The van der Waals surface area contributed by atoms with Crippen LogP contribution in [-0.4, -0.2) is 58.0 Å². The first kappa shape index (κ1) is 26.6. The van der Waals surface area contributed by atoms with Crippen molar-refractivity contribution >= 4 is 20.0 Å². The summed E-state index contributed by atoms with van der Waals surface area (Å²) in [4.78, 5) is 23.6. The minimum absolute atomic E-state index is 0.0510. The Bertz CT molecular complexity index is 521. The van der Waals surface area contributed by atoms with Gasteiger partial charge in [-0.05, 0) is 16.6 Å². The van der Waals surface area contributed by atoms with E-state index in [0.29, 0.717) is 16.6 Å². The number of nitrogens with one attached hydrogen (secondary N) is 1. The van der Waals surface area contributed by atoms with Crippen LogP contribution in [0.1, 0.15) is 48.0 Å². The number of hydrogen-bond acceptors (Lipinski definition) is 5. The second-order valence-electron chi connectivity index (χ2n) is 8.01. The molecule has 0 aromatic carbocycles. The fraction of sp³-hybridized carbons (Fsp3) is 0.714. The van der Waals surface area contributed by atoms with Gasteiger partial charge in [-0.2, -0.15) is 0 Å². The zero-order chi connectivity index (χ0) is 21.9. The van der Waals surface area contributed by atoms with E-state index in [1.54, 1.807) is 0 Å². The van der Waals surface area contributed by atoms with E-state index in [2.05, 4.69) is 63.4 Å². The van der Waals surface area contributed by atoms with E-state index in [-0.39, 0.29) is 12.3 Å². The van der Waals surface area contributed by atoms with Gasteiger partial charge in [-0.25, -0.2) is 4.79 Å². The van der Waals surface area contributed by atoms with Crippen molar-refractivity contribution in [2.45, 2.75) is 76.7 Å². The Hall–Kier alpha value is -1.44. The molecule has 1 amide bonds. The summed E-state index contributed by atoms with van der Waals surface area (Å²) in [5, 5.41) is 11.6. The van der Waals surface area contributed by atoms with Crippen molar-refractivity contribution in [2.24, 2.45) is 0 Å². The molecule has 0 aliphatic rings. The molecule has 0 radical (unpaired) electrons. The van der Waals surface area contributed by atoms with Crippen molar-refractivity contribution in [1.29, 1.82) is 0 Å². The maximum Gasteiger partial charge on any atom is 0.330 e. The van der Waals surface area contributed by atoms with E-state index in [1.807, 2.05) is 12.2 Å². The normalized spacial score (nSPS) is 15.0. The second-order valence-corrected chi connectivity index (χ2v) is 13.8. The highest BCUT2D eigenvalue weighted by Crippen LogP contribution is 2.42. The van der Waals surface area contributed by atoms with Crippen LogP contribution in [0.25, 0.3) is 0 Å². The molecule has 0 aromatic rings. The Morgan fingerprint density at radius 2 is 1.54 bits per heavy atom. The molecule has 0 aliphatic carbocycles. The molecule has 6 nitrogen and oxygen atoms in total. The molecule has 0 saturated carbocycles. The third-order valence-corrected chi connectivity index (χ3v) is 12.3. The highest BCUT2D eigenvalue weighted by molar-refractivity contribution is 6.88. The van der Waals surface area contributed by atoms with Crippen LogP contribution in [0.4, 0.5) is 0 Å². The number of allylic oxidation sites excluding steroid dienone is 2. The van der Waals surface area contributed by atoms with Gasteiger partial charge in [-0.1, -0.05) is 65.5 Å². The summed E-state index contributed by atoms with van der Waals surface area (Å²) in [6.07, 6.45) is 5.48. The van der Waals surface area contributed by atoms with Gasteiger partial charge in [0, 0.05) is 7.11 Å². The average Bonchev–Trinajstić information content (AvgIpc) is 2.63. The van der Waals surface area contributed by atoms with Crippen LogP contribution in [0, 0.1) is 0 Å². The number of ether oxygens (including phenoxy) is 2. The maximum absolute atomic E-state index is 12.1. The number of aliphatic hydroxyl groups is 1. The smallest absolute Gasteiger partial charge is 0.330 e. The Morgan fingerprint density at radius 3 is 1.93 bits per heavy atom. The molecule has 0 heterocycles. The van der Waals surface area contributed by atoms with E-state index in [0.717, 1.165) is 0 Å². The molecule has 0 bridgehead atoms. The van der Waals surface area contributed by atoms with Crippen molar-refractivity contribution in [2.75, 3.05) is 20.8 Å². The Morgan fingerprint density at radius 1 is 1.00 bits per heavy atom. The topological polar surface area (TPSA) is 84.9 Å². The van der Waals surface area contributed by atoms with Crippen LogP contribution in [0.3, 0.4) is 0 Å². The third-order valence-electron chi connectivity index (χ3n) is 5.51. The summed E-state index contributed by atoms with van der Waals surface area (Å²) in [6, 6.07) is -1.06. The van der Waals surface area contributed by atoms with Gasteiger partial charge >= 0.3 is 5.97 Å². The zero-order valence-corrected chi connectivity index (χ0v) is 19.7. The predicted molar refractivity (Wildman–Crippen MR) is 116 cm³/mol. The summed E-state index contributed by atoms with van der Waals surface area (Å²) in [6.45, 7) is 13.3. The van der Waals surface area contributed by atoms with Gasteiger partial charge in [-0.3, -0.25) is 4.79 Å². The van der Waals surface area contributed by atoms with Crippen molar-refractivity contribution in [3.63, 3.8) is 0 Å². The van der Waals surface area contributed by atoms with Gasteiger partial charge < -0.3 is 19.9 Å². The molecule has 2 atom stereocenters. The van der Waals surface area contributed by atoms with Gasteiger partial charge in [0.25, 0.3) is 0 Å². The van der Waals surface area contributed by atoms with Gasteiger partial charge in [0.2, 0.25) is 5.91 Å². The van der Waals surface area contributed by atoms with Gasteiger partial charge in [0.1, 0.15) is 0 Å². The Balaban J connectivity index is 5.06. The lowest BCUT2D eigenvalue weighted by molar-refractivity contribution is -0.146. The molecule has 0 spiro atoms. The van der Waals surface area contributed by atoms with Crippen LogP contribution in [0.2, 0.25) is 16.6 Å². The first-order valence-corrected chi connectivity index (χ1v) is 12.2. The monoisotopic (exact) mass is 413 g/mol. The van der Waals surface area contributed by atoms with E-state index in [4.69, 9.17) is 4.74 Å². The highest BCUT2D eigenvalue weighted by atomic mass is 28.3. The molecule has 7 heteroatoms. The second kappa shape index (κ2) is 12.9. The summed E-state index contributed by atoms with van der Waals surface area (Å²) in [5.74, 6) is -1.07. The molecule has 0 rings (SSSR count). The fourth-order valence-electron chi connectivity index (χ4n) is 3.97. The van der Waals surface area contributed by atoms with Crippen molar-refractivity contribution < 1.29 is 24.2 Å². The van der Waals surface area contributed by atoms with Crippen molar-refractivity contribution in [3.05, 3.63) is 23.9 Å². The molecule has 0 unspecified atom stereocenters. The Kier molecular flexibility index (Phi) is 12.2. The van der Waals surface area contributed by atoms with Crippen LogP contribution in [-0.2, 0) is 19.1 Å². The lowest BCUT2D eigenvalue weighted by Gasteiger charge is -2.40. The van der Waals surface area contributed by atoms with E-state index < -0.39 is 32.8 Å². The summed E-state index contributed by atoms with van der Waals surface area (Å²) in [5.41, 5.74) is 4.30. The molecule has 0 aromatic heterocycles. The molecule has 2 N–H and O–H groups in total. The molecule has 0 saturated heterocycles. The quantitative estimate of drug-likeness (QED) is 0.291. The number of carbonyl (C=O) groups is 2. The van der Waals surface area contributed by atoms with Crippen LogP contribution >= 0.6 is 0 Å². The first-order valence-electron chi connectivity index (χ1n) is 9.93. The lowest BCUT2D eigenvalue weighted by Crippen LogP contribution is -2.44. The van der Waals surface area contributed by atoms with Crippen LogP contribution < -0.4 is 5.32 Å².